The maximum Gasteiger partial charge on any atom is 0.226 e. The highest BCUT2D eigenvalue weighted by atomic mass is 16.3. The fraction of sp³-hybridized carbons (Fsp3) is 0.526. The Bertz CT molecular complexity index is 525. The van der Waals surface area contributed by atoms with Crippen LogP contribution in [0.15, 0.2) is 42.5 Å². The Labute approximate surface area is 132 Å². The molecule has 3 heteroatoms. The summed E-state index contributed by atoms with van der Waals surface area (Å²) in [6.45, 7) is 0.852. The molecule has 22 heavy (non-hydrogen) atoms. The van der Waals surface area contributed by atoms with Crippen LogP contribution in [0.3, 0.4) is 0 Å². The molecular formula is C19H25NO2. The maximum atomic E-state index is 12.7. The van der Waals surface area contributed by atoms with Crippen molar-refractivity contribution in [3.8, 4) is 0 Å². The third-order valence-electron chi connectivity index (χ3n) is 4.96. The number of aliphatic hydroxyl groups excluding tert-OH is 1. The fourth-order valence-electron chi connectivity index (χ4n) is 3.69. The molecule has 3 atom stereocenters. The number of rotatable bonds is 4. The first kappa shape index (κ1) is 15.3. The Hall–Kier alpha value is -1.61. The highest BCUT2D eigenvalue weighted by molar-refractivity contribution is 5.79. The van der Waals surface area contributed by atoms with Gasteiger partial charge in [-0.25, -0.2) is 0 Å². The van der Waals surface area contributed by atoms with Gasteiger partial charge in [0.15, 0.2) is 0 Å². The van der Waals surface area contributed by atoms with Gasteiger partial charge in [-0.15, -0.1) is 0 Å². The van der Waals surface area contributed by atoms with E-state index in [1.165, 1.54) is 0 Å². The molecule has 3 nitrogen and oxygen atoms in total. The van der Waals surface area contributed by atoms with Crippen LogP contribution in [0.2, 0.25) is 0 Å². The van der Waals surface area contributed by atoms with E-state index in [2.05, 4.69) is 12.2 Å². The number of nitrogens with zero attached hydrogens (tertiary/aromatic N) is 1. The average Bonchev–Trinajstić information content (AvgIpc) is 3.04. The lowest BCUT2D eigenvalue weighted by Gasteiger charge is -2.30. The molecule has 1 heterocycles. The second-order valence-corrected chi connectivity index (χ2v) is 6.47. The van der Waals surface area contributed by atoms with Crippen LogP contribution in [0.1, 0.15) is 50.2 Å². The molecule has 2 aliphatic rings. The van der Waals surface area contributed by atoms with Crippen molar-refractivity contribution in [1.29, 1.82) is 0 Å². The van der Waals surface area contributed by atoms with Crippen LogP contribution >= 0.6 is 0 Å². The molecule has 0 bridgehead atoms. The van der Waals surface area contributed by atoms with Crippen LogP contribution < -0.4 is 0 Å². The molecule has 1 saturated heterocycles. The van der Waals surface area contributed by atoms with Crippen LogP contribution in [-0.2, 0) is 4.79 Å². The third kappa shape index (κ3) is 3.41. The molecule has 1 fully saturated rings. The molecule has 0 radical (unpaired) electrons. The lowest BCUT2D eigenvalue weighted by molar-refractivity contribution is -0.137. The number of benzene rings is 1. The summed E-state index contributed by atoms with van der Waals surface area (Å²) in [6, 6.07) is 9.96. The summed E-state index contributed by atoms with van der Waals surface area (Å²) in [5.74, 6) is 0.451. The molecular weight excluding hydrogens is 274 g/mol. The zero-order chi connectivity index (χ0) is 15.4. The molecule has 118 valence electrons. The van der Waals surface area contributed by atoms with E-state index in [0.29, 0.717) is 12.3 Å². The predicted molar refractivity (Wildman–Crippen MR) is 87.2 cm³/mol. The van der Waals surface area contributed by atoms with Crippen LogP contribution in [0.4, 0.5) is 0 Å². The first-order valence-corrected chi connectivity index (χ1v) is 8.44. The van der Waals surface area contributed by atoms with Crippen molar-refractivity contribution in [3.05, 3.63) is 48.0 Å². The van der Waals surface area contributed by atoms with Gasteiger partial charge in [-0.2, -0.15) is 0 Å². The molecule has 1 aromatic rings. The molecule has 0 saturated carbocycles. The van der Waals surface area contributed by atoms with E-state index in [0.717, 1.165) is 44.2 Å². The van der Waals surface area contributed by atoms with Crippen molar-refractivity contribution in [1.82, 2.24) is 4.90 Å². The van der Waals surface area contributed by atoms with E-state index in [9.17, 15) is 9.90 Å². The number of amides is 1. The number of hydrogen-bond acceptors (Lipinski definition) is 2. The summed E-state index contributed by atoms with van der Waals surface area (Å²) in [5, 5.41) is 10.4. The zero-order valence-electron chi connectivity index (χ0n) is 13.0. The van der Waals surface area contributed by atoms with E-state index < -0.39 is 6.10 Å². The predicted octanol–water partition coefficient (Wildman–Crippen LogP) is 3.46. The highest BCUT2D eigenvalue weighted by Crippen LogP contribution is 2.30. The largest absolute Gasteiger partial charge is 0.388 e. The van der Waals surface area contributed by atoms with Crippen molar-refractivity contribution in [2.75, 3.05) is 6.54 Å². The molecule has 1 aliphatic carbocycles. The molecule has 0 aromatic heterocycles. The van der Waals surface area contributed by atoms with E-state index in [1.807, 2.05) is 35.2 Å². The number of hydrogen-bond donors (Lipinski definition) is 1. The first-order chi connectivity index (χ1) is 10.8. The Morgan fingerprint density at radius 2 is 2.05 bits per heavy atom. The highest BCUT2D eigenvalue weighted by Gasteiger charge is 2.34. The normalized spacial score (nSPS) is 26.1. The molecule has 1 aliphatic heterocycles. The molecule has 1 aromatic carbocycles. The number of carbonyl (C=O) groups is 1. The molecule has 1 amide bonds. The average molecular weight is 299 g/mol. The number of likely N-dealkylation sites (tertiary alicyclic amines) is 1. The Morgan fingerprint density at radius 3 is 2.77 bits per heavy atom. The summed E-state index contributed by atoms with van der Waals surface area (Å²) in [7, 11) is 0. The van der Waals surface area contributed by atoms with Crippen LogP contribution in [0.5, 0.6) is 0 Å². The first-order valence-electron chi connectivity index (χ1n) is 8.44. The summed E-state index contributed by atoms with van der Waals surface area (Å²) >= 11 is 0. The van der Waals surface area contributed by atoms with Gasteiger partial charge < -0.3 is 10.0 Å². The Morgan fingerprint density at radius 1 is 1.23 bits per heavy atom. The standard InChI is InChI=1S/C19H25NO2/c21-18(15-8-3-1-4-9-15)14-17-12-7-13-20(17)19(22)16-10-5-2-6-11-16/h1-5,8-9,16-18,21H,6-7,10-14H2/t16-,17+,18-/m1/s1. The third-order valence-corrected chi connectivity index (χ3v) is 4.96. The van der Waals surface area contributed by atoms with E-state index in [1.54, 1.807) is 0 Å². The molecule has 0 spiro atoms. The van der Waals surface area contributed by atoms with E-state index >= 15 is 0 Å². The lowest BCUT2D eigenvalue weighted by atomic mass is 9.92. The monoisotopic (exact) mass is 299 g/mol. The van der Waals surface area contributed by atoms with Gasteiger partial charge in [-0.3, -0.25) is 4.79 Å². The molecule has 3 rings (SSSR count). The minimum atomic E-state index is -0.481. The minimum Gasteiger partial charge on any atom is -0.388 e. The molecule has 1 N–H and O–H groups in total. The van der Waals surface area contributed by atoms with Crippen molar-refractivity contribution in [3.63, 3.8) is 0 Å². The van der Waals surface area contributed by atoms with E-state index in [-0.39, 0.29) is 12.0 Å². The Kier molecular flexibility index (Phi) is 4.94. The zero-order valence-corrected chi connectivity index (χ0v) is 13.0. The smallest absolute Gasteiger partial charge is 0.226 e. The number of aliphatic hydroxyl groups is 1. The van der Waals surface area contributed by atoms with Crippen molar-refractivity contribution >= 4 is 5.91 Å². The van der Waals surface area contributed by atoms with Gasteiger partial charge in [0.05, 0.1) is 6.10 Å². The summed E-state index contributed by atoms with van der Waals surface area (Å²) in [5.41, 5.74) is 0.947. The second-order valence-electron chi connectivity index (χ2n) is 6.47. The van der Waals surface area contributed by atoms with Gasteiger partial charge in [0.1, 0.15) is 0 Å². The quantitative estimate of drug-likeness (QED) is 0.865. The number of carbonyl (C=O) groups excluding carboxylic acids is 1. The van der Waals surface area contributed by atoms with Gasteiger partial charge in [0.2, 0.25) is 5.91 Å². The van der Waals surface area contributed by atoms with E-state index in [4.69, 9.17) is 0 Å². The maximum absolute atomic E-state index is 12.7. The van der Waals surface area contributed by atoms with Gasteiger partial charge in [0, 0.05) is 18.5 Å². The van der Waals surface area contributed by atoms with Gasteiger partial charge >= 0.3 is 0 Å². The van der Waals surface area contributed by atoms with Crippen molar-refractivity contribution in [2.45, 2.75) is 50.7 Å². The van der Waals surface area contributed by atoms with Gasteiger partial charge in [-0.1, -0.05) is 42.5 Å². The second kappa shape index (κ2) is 7.10. The summed E-state index contributed by atoms with van der Waals surface area (Å²) < 4.78 is 0. The number of allylic oxidation sites excluding steroid dienone is 2. The van der Waals surface area contributed by atoms with Crippen LogP contribution in [-0.4, -0.2) is 28.5 Å². The Balaban J connectivity index is 1.63. The van der Waals surface area contributed by atoms with Crippen LogP contribution in [0.25, 0.3) is 0 Å². The summed E-state index contributed by atoms with van der Waals surface area (Å²) in [4.78, 5) is 14.8. The van der Waals surface area contributed by atoms with Crippen molar-refractivity contribution in [2.24, 2.45) is 5.92 Å². The summed E-state index contributed by atoms with van der Waals surface area (Å²) in [6.07, 6.45) is 9.41. The van der Waals surface area contributed by atoms with Crippen molar-refractivity contribution < 1.29 is 9.90 Å². The molecule has 0 unspecified atom stereocenters. The van der Waals surface area contributed by atoms with Gasteiger partial charge in [0.25, 0.3) is 0 Å². The van der Waals surface area contributed by atoms with Crippen LogP contribution in [0, 0.1) is 5.92 Å². The fourth-order valence-corrected chi connectivity index (χ4v) is 3.69. The minimum absolute atomic E-state index is 0.152. The lowest BCUT2D eigenvalue weighted by Crippen LogP contribution is -2.40. The van der Waals surface area contributed by atoms with Gasteiger partial charge in [-0.05, 0) is 44.1 Å². The topological polar surface area (TPSA) is 40.5 Å². The SMILES string of the molecule is O=C([C@@H]1CC=CCC1)N1CCC[C@H]1C[C@@H](O)c1ccccc1.